The van der Waals surface area contributed by atoms with E-state index in [1.54, 1.807) is 10.4 Å². The van der Waals surface area contributed by atoms with Crippen LogP contribution in [0.5, 0.6) is 0 Å². The standard InChI is InChI=1S/C10H14N2S/c1-3-12(9-5-11-6-9)7-10-8(1)2-4-13-10/h2,4,9,11H,1,3,5-7H2. The minimum absolute atomic E-state index is 0.815. The number of nitrogens with zero attached hydrogens (tertiary/aromatic N) is 1. The van der Waals surface area contributed by atoms with Crippen LogP contribution in [0, 0.1) is 0 Å². The Bertz CT molecular complexity index is 304. The number of thiophene rings is 1. The van der Waals surface area contributed by atoms with Crippen LogP contribution in [-0.4, -0.2) is 30.6 Å². The van der Waals surface area contributed by atoms with Crippen molar-refractivity contribution >= 4 is 11.3 Å². The van der Waals surface area contributed by atoms with Crippen molar-refractivity contribution in [2.75, 3.05) is 19.6 Å². The fourth-order valence-electron chi connectivity index (χ4n) is 2.10. The maximum Gasteiger partial charge on any atom is 0.0349 e. The van der Waals surface area contributed by atoms with Crippen LogP contribution in [0.1, 0.15) is 10.4 Å². The summed E-state index contributed by atoms with van der Waals surface area (Å²) in [7, 11) is 0. The molecule has 1 aromatic rings. The number of rotatable bonds is 1. The number of nitrogens with one attached hydrogen (secondary N) is 1. The summed E-state index contributed by atoms with van der Waals surface area (Å²) >= 11 is 1.92. The summed E-state index contributed by atoms with van der Waals surface area (Å²) in [5.74, 6) is 0. The molecule has 1 fully saturated rings. The Kier molecular flexibility index (Phi) is 1.89. The van der Waals surface area contributed by atoms with E-state index in [0.29, 0.717) is 0 Å². The molecular formula is C10H14N2S. The van der Waals surface area contributed by atoms with Crippen molar-refractivity contribution in [1.29, 1.82) is 0 Å². The van der Waals surface area contributed by atoms with Gasteiger partial charge in [-0.25, -0.2) is 0 Å². The first-order chi connectivity index (χ1) is 6.43. The van der Waals surface area contributed by atoms with Gasteiger partial charge in [0.05, 0.1) is 0 Å². The van der Waals surface area contributed by atoms with Crippen LogP contribution in [0.2, 0.25) is 0 Å². The van der Waals surface area contributed by atoms with Gasteiger partial charge in [-0.15, -0.1) is 11.3 Å². The van der Waals surface area contributed by atoms with E-state index in [1.165, 1.54) is 32.6 Å². The molecule has 13 heavy (non-hydrogen) atoms. The average Bonchev–Trinajstić information content (AvgIpc) is 2.47. The number of hydrogen-bond acceptors (Lipinski definition) is 3. The lowest BCUT2D eigenvalue weighted by Gasteiger charge is -2.40. The SMILES string of the molecule is c1cc2c(s1)CN(C1CNC1)CC2. The molecule has 0 bridgehead atoms. The molecular weight excluding hydrogens is 180 g/mol. The Morgan fingerprint density at radius 3 is 3.15 bits per heavy atom. The zero-order valence-corrected chi connectivity index (χ0v) is 8.44. The first kappa shape index (κ1) is 7.97. The summed E-state index contributed by atoms with van der Waals surface area (Å²) in [6.45, 7) is 4.84. The van der Waals surface area contributed by atoms with Crippen molar-refractivity contribution in [2.45, 2.75) is 19.0 Å². The topological polar surface area (TPSA) is 15.3 Å². The van der Waals surface area contributed by atoms with Gasteiger partial charge in [-0.2, -0.15) is 0 Å². The predicted molar refractivity (Wildman–Crippen MR) is 55.1 cm³/mol. The maximum absolute atomic E-state index is 3.34. The van der Waals surface area contributed by atoms with Crippen molar-refractivity contribution in [2.24, 2.45) is 0 Å². The summed E-state index contributed by atoms with van der Waals surface area (Å²) in [5.41, 5.74) is 1.59. The third-order valence-electron chi connectivity index (χ3n) is 3.13. The predicted octanol–water partition coefficient (Wildman–Crippen LogP) is 1.08. The first-order valence-electron chi connectivity index (χ1n) is 4.93. The zero-order chi connectivity index (χ0) is 8.67. The second-order valence-electron chi connectivity index (χ2n) is 3.90. The lowest BCUT2D eigenvalue weighted by molar-refractivity contribution is 0.133. The van der Waals surface area contributed by atoms with Crippen LogP contribution in [-0.2, 0) is 13.0 Å². The highest BCUT2D eigenvalue weighted by Crippen LogP contribution is 2.25. The molecule has 3 heteroatoms. The number of hydrogen-bond donors (Lipinski definition) is 1. The smallest absolute Gasteiger partial charge is 0.0349 e. The molecule has 0 spiro atoms. The lowest BCUT2D eigenvalue weighted by Crippen LogP contribution is -2.57. The van der Waals surface area contributed by atoms with Gasteiger partial charge < -0.3 is 5.32 Å². The van der Waals surface area contributed by atoms with Gasteiger partial charge in [-0.3, -0.25) is 4.90 Å². The molecule has 1 N–H and O–H groups in total. The molecule has 2 aliphatic rings. The Balaban J connectivity index is 1.76. The fraction of sp³-hybridized carbons (Fsp3) is 0.600. The van der Waals surface area contributed by atoms with Gasteiger partial charge in [0.15, 0.2) is 0 Å². The van der Waals surface area contributed by atoms with E-state index in [1.807, 2.05) is 11.3 Å². The van der Waals surface area contributed by atoms with Crippen LogP contribution in [0.25, 0.3) is 0 Å². The van der Waals surface area contributed by atoms with E-state index in [0.717, 1.165) is 6.04 Å². The van der Waals surface area contributed by atoms with Crippen LogP contribution in [0.4, 0.5) is 0 Å². The lowest BCUT2D eigenvalue weighted by atomic mass is 10.0. The highest BCUT2D eigenvalue weighted by molar-refractivity contribution is 7.10. The molecule has 0 aromatic carbocycles. The summed E-state index contributed by atoms with van der Waals surface area (Å²) in [5, 5.41) is 5.57. The third-order valence-corrected chi connectivity index (χ3v) is 4.08. The van der Waals surface area contributed by atoms with Gasteiger partial charge >= 0.3 is 0 Å². The average molecular weight is 194 g/mol. The van der Waals surface area contributed by atoms with Gasteiger partial charge in [0.1, 0.15) is 0 Å². The molecule has 0 radical (unpaired) electrons. The van der Waals surface area contributed by atoms with Crippen molar-refractivity contribution < 1.29 is 0 Å². The van der Waals surface area contributed by atoms with Crippen LogP contribution in [0.15, 0.2) is 11.4 Å². The molecule has 2 nitrogen and oxygen atoms in total. The molecule has 1 saturated heterocycles. The molecule has 3 rings (SSSR count). The Morgan fingerprint density at radius 2 is 2.38 bits per heavy atom. The summed E-state index contributed by atoms with van der Waals surface area (Å²) < 4.78 is 0. The molecule has 3 heterocycles. The van der Waals surface area contributed by atoms with Crippen molar-refractivity contribution in [1.82, 2.24) is 10.2 Å². The molecule has 0 unspecified atom stereocenters. The molecule has 0 aliphatic carbocycles. The van der Waals surface area contributed by atoms with Gasteiger partial charge in [0.2, 0.25) is 0 Å². The van der Waals surface area contributed by atoms with Crippen molar-refractivity contribution in [3.8, 4) is 0 Å². The molecule has 70 valence electrons. The van der Waals surface area contributed by atoms with E-state index in [2.05, 4.69) is 21.7 Å². The maximum atomic E-state index is 3.34. The molecule has 0 amide bonds. The third kappa shape index (κ3) is 1.31. The van der Waals surface area contributed by atoms with Gasteiger partial charge in [-0.05, 0) is 23.4 Å². The highest BCUT2D eigenvalue weighted by atomic mass is 32.1. The van der Waals surface area contributed by atoms with E-state index in [-0.39, 0.29) is 0 Å². The van der Waals surface area contributed by atoms with Crippen molar-refractivity contribution in [3.63, 3.8) is 0 Å². The van der Waals surface area contributed by atoms with E-state index in [4.69, 9.17) is 0 Å². The quantitative estimate of drug-likeness (QED) is 0.719. The fourth-order valence-corrected chi connectivity index (χ4v) is 3.06. The van der Waals surface area contributed by atoms with Crippen LogP contribution >= 0.6 is 11.3 Å². The minimum atomic E-state index is 0.815. The zero-order valence-electron chi connectivity index (χ0n) is 7.62. The van der Waals surface area contributed by atoms with Gasteiger partial charge in [0, 0.05) is 37.1 Å². The minimum Gasteiger partial charge on any atom is -0.314 e. The summed E-state index contributed by atoms with van der Waals surface area (Å²) in [6, 6.07) is 3.10. The number of fused-ring (bicyclic) bond motifs is 1. The van der Waals surface area contributed by atoms with Crippen LogP contribution < -0.4 is 5.32 Å². The van der Waals surface area contributed by atoms with E-state index >= 15 is 0 Å². The van der Waals surface area contributed by atoms with Crippen molar-refractivity contribution in [3.05, 3.63) is 21.9 Å². The Hall–Kier alpha value is -0.380. The van der Waals surface area contributed by atoms with E-state index < -0.39 is 0 Å². The normalized spacial score (nSPS) is 24.0. The molecule has 1 aromatic heterocycles. The Labute approximate surface area is 82.6 Å². The van der Waals surface area contributed by atoms with Gasteiger partial charge in [-0.1, -0.05) is 0 Å². The largest absolute Gasteiger partial charge is 0.314 e. The molecule has 2 aliphatic heterocycles. The monoisotopic (exact) mass is 194 g/mol. The second kappa shape index (κ2) is 3.08. The molecule has 0 saturated carbocycles. The van der Waals surface area contributed by atoms with Gasteiger partial charge in [0.25, 0.3) is 0 Å². The Morgan fingerprint density at radius 1 is 1.46 bits per heavy atom. The van der Waals surface area contributed by atoms with Crippen LogP contribution in [0.3, 0.4) is 0 Å². The summed E-state index contributed by atoms with van der Waals surface area (Å²) in [4.78, 5) is 4.22. The summed E-state index contributed by atoms with van der Waals surface area (Å²) in [6.07, 6.45) is 1.26. The van der Waals surface area contributed by atoms with E-state index in [9.17, 15) is 0 Å². The first-order valence-corrected chi connectivity index (χ1v) is 5.81. The molecule has 0 atom stereocenters. The second-order valence-corrected chi connectivity index (χ2v) is 4.90. The highest BCUT2D eigenvalue weighted by Gasteiger charge is 2.27.